The number of halogens is 2. The molecule has 104 valence electrons. The second-order valence-corrected chi connectivity index (χ2v) is 6.72. The third-order valence-electron chi connectivity index (χ3n) is 2.95. The second kappa shape index (κ2) is 7.22. The quantitative estimate of drug-likeness (QED) is 0.700. The van der Waals surface area contributed by atoms with E-state index in [1.54, 1.807) is 0 Å². The number of hydrogen-bond donors (Lipinski definition) is 1. The van der Waals surface area contributed by atoms with Crippen molar-refractivity contribution < 1.29 is 4.79 Å². The van der Waals surface area contributed by atoms with E-state index in [1.165, 1.54) is 11.1 Å². The molecule has 2 rings (SSSR count). The van der Waals surface area contributed by atoms with Crippen molar-refractivity contribution in [2.45, 2.75) is 13.3 Å². The van der Waals surface area contributed by atoms with Crippen LogP contribution < -0.4 is 5.32 Å². The lowest BCUT2D eigenvalue weighted by Crippen LogP contribution is -2.26. The molecule has 0 aromatic heterocycles. The molecule has 0 aliphatic heterocycles. The lowest BCUT2D eigenvalue weighted by Gasteiger charge is -2.08. The molecule has 2 aromatic carbocycles. The summed E-state index contributed by atoms with van der Waals surface area (Å²) in [4.78, 5) is 12.1. The maximum Gasteiger partial charge on any atom is 0.252 e. The van der Waals surface area contributed by atoms with Crippen molar-refractivity contribution >= 4 is 44.4 Å². The van der Waals surface area contributed by atoms with E-state index < -0.39 is 0 Å². The van der Waals surface area contributed by atoms with Gasteiger partial charge in [0.25, 0.3) is 5.91 Å². The minimum Gasteiger partial charge on any atom is -0.352 e. The van der Waals surface area contributed by atoms with Crippen molar-refractivity contribution in [3.63, 3.8) is 0 Å². The smallest absolute Gasteiger partial charge is 0.252 e. The van der Waals surface area contributed by atoms with Gasteiger partial charge < -0.3 is 5.32 Å². The summed E-state index contributed by atoms with van der Waals surface area (Å²) in [7, 11) is 0. The highest BCUT2D eigenvalue weighted by Crippen LogP contribution is 2.19. The van der Waals surface area contributed by atoms with Gasteiger partial charge in [-0.05, 0) is 75.6 Å². The molecule has 0 fully saturated rings. The van der Waals surface area contributed by atoms with Gasteiger partial charge in [0.1, 0.15) is 0 Å². The lowest BCUT2D eigenvalue weighted by molar-refractivity contribution is 0.0953. The molecule has 0 unspecified atom stereocenters. The van der Waals surface area contributed by atoms with Gasteiger partial charge >= 0.3 is 0 Å². The summed E-state index contributed by atoms with van der Waals surface area (Å²) in [5.74, 6) is -0.0388. The number of carbonyl (C=O) groups is 1. The zero-order chi connectivity index (χ0) is 14.5. The normalized spacial score (nSPS) is 10.3. The second-order valence-electron chi connectivity index (χ2n) is 4.62. The van der Waals surface area contributed by atoms with Gasteiger partial charge in [0, 0.05) is 14.6 Å². The Kier molecular flexibility index (Phi) is 5.60. The summed E-state index contributed by atoms with van der Waals surface area (Å²) in [6, 6.07) is 14.1. The van der Waals surface area contributed by atoms with Crippen LogP contribution in [0.1, 0.15) is 21.5 Å². The number of carbonyl (C=O) groups excluding carboxylic acids is 1. The summed E-state index contributed by atoms with van der Waals surface area (Å²) < 4.78 is 1.88. The van der Waals surface area contributed by atoms with Gasteiger partial charge in [0.2, 0.25) is 0 Å². The molecule has 1 amide bonds. The third kappa shape index (κ3) is 4.31. The number of nitrogens with one attached hydrogen (secondary N) is 1. The van der Waals surface area contributed by atoms with Crippen molar-refractivity contribution in [1.82, 2.24) is 5.32 Å². The van der Waals surface area contributed by atoms with Crippen LogP contribution in [0.25, 0.3) is 0 Å². The Balaban J connectivity index is 1.94. The Bertz CT molecular complexity index is 628. The highest BCUT2D eigenvalue weighted by molar-refractivity contribution is 14.1. The number of amides is 1. The Morgan fingerprint density at radius 2 is 2.05 bits per heavy atom. The van der Waals surface area contributed by atoms with E-state index in [2.05, 4.69) is 69.0 Å². The fraction of sp³-hybridized carbons (Fsp3) is 0.188. The molecule has 0 aliphatic rings. The largest absolute Gasteiger partial charge is 0.352 e. The van der Waals surface area contributed by atoms with Crippen LogP contribution in [0.2, 0.25) is 0 Å². The van der Waals surface area contributed by atoms with E-state index >= 15 is 0 Å². The molecule has 1 N–H and O–H groups in total. The fourth-order valence-corrected chi connectivity index (χ4v) is 2.87. The van der Waals surface area contributed by atoms with Crippen molar-refractivity contribution in [3.05, 3.63) is 67.2 Å². The molecule has 0 spiro atoms. The fourth-order valence-electron chi connectivity index (χ4n) is 1.95. The maximum absolute atomic E-state index is 12.1. The topological polar surface area (TPSA) is 29.1 Å². The predicted octanol–water partition coefficient (Wildman–Crippen LogP) is 4.33. The third-order valence-corrected chi connectivity index (χ3v) is 4.32. The molecule has 20 heavy (non-hydrogen) atoms. The molecule has 0 heterocycles. The molecule has 2 aromatic rings. The van der Waals surface area contributed by atoms with Crippen LogP contribution in [-0.4, -0.2) is 12.5 Å². The number of aryl methyl sites for hydroxylation is 1. The number of hydrogen-bond acceptors (Lipinski definition) is 1. The van der Waals surface area contributed by atoms with Gasteiger partial charge in [-0.2, -0.15) is 0 Å². The molecule has 0 saturated heterocycles. The van der Waals surface area contributed by atoms with E-state index in [0.29, 0.717) is 12.1 Å². The van der Waals surface area contributed by atoms with Gasteiger partial charge in [0.05, 0.1) is 5.56 Å². The SMILES string of the molecule is Cc1cccc(CCNC(=O)c2cc(I)ccc2Br)c1. The van der Waals surface area contributed by atoms with E-state index in [4.69, 9.17) is 0 Å². The van der Waals surface area contributed by atoms with Crippen molar-refractivity contribution in [2.24, 2.45) is 0 Å². The lowest BCUT2D eigenvalue weighted by atomic mass is 10.1. The molecule has 0 bridgehead atoms. The van der Waals surface area contributed by atoms with E-state index in [1.807, 2.05) is 24.3 Å². The molecule has 0 saturated carbocycles. The first-order chi connectivity index (χ1) is 9.56. The summed E-state index contributed by atoms with van der Waals surface area (Å²) >= 11 is 5.62. The Morgan fingerprint density at radius 3 is 2.80 bits per heavy atom. The summed E-state index contributed by atoms with van der Waals surface area (Å²) in [6.07, 6.45) is 0.842. The number of benzene rings is 2. The molecule has 0 radical (unpaired) electrons. The van der Waals surface area contributed by atoms with Crippen LogP contribution in [0, 0.1) is 10.5 Å². The average Bonchev–Trinajstić information content (AvgIpc) is 2.41. The summed E-state index contributed by atoms with van der Waals surface area (Å²) in [6.45, 7) is 2.71. The minimum atomic E-state index is -0.0388. The first kappa shape index (κ1) is 15.5. The molecule has 4 heteroatoms. The Hall–Kier alpha value is -0.880. The zero-order valence-corrected chi connectivity index (χ0v) is 14.9. The first-order valence-electron chi connectivity index (χ1n) is 6.35. The summed E-state index contributed by atoms with van der Waals surface area (Å²) in [5, 5.41) is 2.96. The maximum atomic E-state index is 12.1. The van der Waals surface area contributed by atoms with Crippen molar-refractivity contribution in [3.8, 4) is 0 Å². The van der Waals surface area contributed by atoms with Crippen LogP contribution in [0.5, 0.6) is 0 Å². The molecule has 0 aliphatic carbocycles. The van der Waals surface area contributed by atoms with Crippen LogP contribution >= 0.6 is 38.5 Å². The zero-order valence-electron chi connectivity index (χ0n) is 11.1. The van der Waals surface area contributed by atoms with E-state index in [0.717, 1.165) is 14.5 Å². The number of rotatable bonds is 4. The van der Waals surface area contributed by atoms with Gasteiger partial charge in [-0.3, -0.25) is 4.79 Å². The predicted molar refractivity (Wildman–Crippen MR) is 94.1 cm³/mol. The highest BCUT2D eigenvalue weighted by atomic mass is 127. The van der Waals surface area contributed by atoms with Crippen LogP contribution in [0.3, 0.4) is 0 Å². The molecule has 0 atom stereocenters. The standard InChI is InChI=1S/C16H15BrINO/c1-11-3-2-4-12(9-11)7-8-19-16(20)14-10-13(18)5-6-15(14)17/h2-6,9-10H,7-8H2,1H3,(H,19,20). The van der Waals surface area contributed by atoms with E-state index in [-0.39, 0.29) is 5.91 Å². The van der Waals surface area contributed by atoms with E-state index in [9.17, 15) is 4.79 Å². The van der Waals surface area contributed by atoms with Crippen molar-refractivity contribution in [2.75, 3.05) is 6.54 Å². The van der Waals surface area contributed by atoms with Gasteiger partial charge in [-0.25, -0.2) is 0 Å². The van der Waals surface area contributed by atoms with Crippen LogP contribution in [0.4, 0.5) is 0 Å². The van der Waals surface area contributed by atoms with Gasteiger partial charge in [0.15, 0.2) is 0 Å². The van der Waals surface area contributed by atoms with Gasteiger partial charge in [-0.1, -0.05) is 29.8 Å². The van der Waals surface area contributed by atoms with Crippen LogP contribution in [0.15, 0.2) is 46.9 Å². The first-order valence-corrected chi connectivity index (χ1v) is 8.22. The van der Waals surface area contributed by atoms with Crippen LogP contribution in [-0.2, 0) is 6.42 Å². The van der Waals surface area contributed by atoms with Gasteiger partial charge in [-0.15, -0.1) is 0 Å². The molecular weight excluding hydrogens is 429 g/mol. The van der Waals surface area contributed by atoms with Crippen molar-refractivity contribution in [1.29, 1.82) is 0 Å². The molecular formula is C16H15BrINO. The Morgan fingerprint density at radius 1 is 1.25 bits per heavy atom. The highest BCUT2D eigenvalue weighted by Gasteiger charge is 2.09. The summed E-state index contributed by atoms with van der Waals surface area (Å²) in [5.41, 5.74) is 3.17. The monoisotopic (exact) mass is 443 g/mol. The average molecular weight is 444 g/mol. The minimum absolute atomic E-state index is 0.0388. The molecule has 2 nitrogen and oxygen atoms in total. The Labute approximate surface area is 141 Å².